The van der Waals surface area contributed by atoms with Gasteiger partial charge in [-0.1, -0.05) is 85.0 Å². The Hall–Kier alpha value is -2.49. The maximum absolute atomic E-state index is 10.5. The second-order valence-electron chi connectivity index (χ2n) is 5.26. The van der Waals surface area contributed by atoms with Crippen LogP contribution in [0.2, 0.25) is 0 Å². The Balaban J connectivity index is 1.79. The molecule has 0 aliphatic carbocycles. The molecule has 2 N–H and O–H groups in total. The first-order valence-corrected chi connectivity index (χ1v) is 7.84. The van der Waals surface area contributed by atoms with E-state index in [0.29, 0.717) is 4.99 Å². The summed E-state index contributed by atoms with van der Waals surface area (Å²) in [6.45, 7) is 0. The molecule has 3 heteroatoms. The van der Waals surface area contributed by atoms with E-state index in [4.69, 9.17) is 12.2 Å². The number of anilines is 1. The molecule has 0 saturated carbocycles. The molecule has 0 spiro atoms. The third kappa shape index (κ3) is 3.83. The van der Waals surface area contributed by atoms with Gasteiger partial charge in [-0.15, -0.1) is 0 Å². The minimum Gasteiger partial charge on any atom is -0.384 e. The van der Waals surface area contributed by atoms with E-state index in [1.165, 1.54) is 0 Å². The molecule has 0 aliphatic heterocycles. The first-order valence-electron chi connectivity index (χ1n) is 7.43. The maximum atomic E-state index is 10.5. The molecule has 114 valence electrons. The van der Waals surface area contributed by atoms with Crippen LogP contribution >= 0.6 is 12.2 Å². The molecule has 1 atom stereocenters. The minimum absolute atomic E-state index is 0.650. The monoisotopic (exact) mass is 319 g/mol. The first-order chi connectivity index (χ1) is 11.2. The van der Waals surface area contributed by atoms with Crippen molar-refractivity contribution in [3.63, 3.8) is 0 Å². The highest BCUT2D eigenvalue weighted by Gasteiger charge is 2.10. The summed E-state index contributed by atoms with van der Waals surface area (Å²) in [5, 5.41) is 13.7. The Bertz CT molecular complexity index is 787. The fourth-order valence-corrected chi connectivity index (χ4v) is 2.66. The van der Waals surface area contributed by atoms with Crippen LogP contribution in [-0.4, -0.2) is 10.1 Å². The number of aliphatic hydroxyl groups excluding tert-OH is 1. The van der Waals surface area contributed by atoms with Crippen LogP contribution in [-0.2, 0) is 0 Å². The van der Waals surface area contributed by atoms with Gasteiger partial charge in [-0.3, -0.25) is 0 Å². The van der Waals surface area contributed by atoms with Gasteiger partial charge < -0.3 is 10.4 Å². The molecule has 3 aromatic carbocycles. The van der Waals surface area contributed by atoms with Crippen LogP contribution in [0.25, 0.3) is 0 Å². The van der Waals surface area contributed by atoms with Crippen molar-refractivity contribution in [3.8, 4) is 0 Å². The van der Waals surface area contributed by atoms with Gasteiger partial charge >= 0.3 is 0 Å². The van der Waals surface area contributed by atoms with E-state index in [1.54, 1.807) is 0 Å². The molecule has 2 nitrogen and oxygen atoms in total. The highest BCUT2D eigenvalue weighted by molar-refractivity contribution is 7.81. The molecular weight excluding hydrogens is 302 g/mol. The van der Waals surface area contributed by atoms with Crippen LogP contribution in [0, 0.1) is 0 Å². The van der Waals surface area contributed by atoms with E-state index in [2.05, 4.69) is 5.32 Å². The van der Waals surface area contributed by atoms with E-state index in [-0.39, 0.29) is 0 Å². The van der Waals surface area contributed by atoms with Gasteiger partial charge in [0.25, 0.3) is 0 Å². The molecule has 3 rings (SSSR count). The van der Waals surface area contributed by atoms with Crippen molar-refractivity contribution in [2.45, 2.75) is 6.10 Å². The number of hydrogen-bond acceptors (Lipinski definition) is 2. The molecular formula is C20H17NOS. The quantitative estimate of drug-likeness (QED) is 0.692. The smallest absolute Gasteiger partial charge is 0.110 e. The summed E-state index contributed by atoms with van der Waals surface area (Å²) in [6.07, 6.45) is -0.650. The summed E-state index contributed by atoms with van der Waals surface area (Å²) in [5.41, 5.74) is 3.54. The van der Waals surface area contributed by atoms with Gasteiger partial charge in [0.1, 0.15) is 11.1 Å². The van der Waals surface area contributed by atoms with Crippen LogP contribution < -0.4 is 5.32 Å². The zero-order valence-electron chi connectivity index (χ0n) is 12.5. The average molecular weight is 319 g/mol. The molecule has 0 radical (unpaired) electrons. The van der Waals surface area contributed by atoms with Crippen molar-refractivity contribution in [2.24, 2.45) is 0 Å². The molecule has 1 unspecified atom stereocenters. The predicted molar refractivity (Wildman–Crippen MR) is 98.7 cm³/mol. The highest BCUT2D eigenvalue weighted by Crippen LogP contribution is 2.24. The van der Waals surface area contributed by atoms with E-state index < -0.39 is 6.10 Å². The van der Waals surface area contributed by atoms with Gasteiger partial charge in [0.05, 0.1) is 0 Å². The number of hydrogen-bond donors (Lipinski definition) is 2. The number of nitrogens with one attached hydrogen (secondary N) is 1. The molecule has 0 aliphatic rings. The van der Waals surface area contributed by atoms with Gasteiger partial charge in [0.15, 0.2) is 0 Å². The van der Waals surface area contributed by atoms with Crippen molar-refractivity contribution >= 4 is 22.9 Å². The Morgan fingerprint density at radius 3 is 2.09 bits per heavy atom. The minimum atomic E-state index is -0.650. The lowest BCUT2D eigenvalue weighted by atomic mass is 10.0. The van der Waals surface area contributed by atoms with Gasteiger partial charge in [0.2, 0.25) is 0 Å². The second kappa shape index (κ2) is 7.18. The molecule has 0 aromatic heterocycles. The van der Waals surface area contributed by atoms with Crippen molar-refractivity contribution in [2.75, 3.05) is 5.32 Å². The van der Waals surface area contributed by atoms with E-state index in [0.717, 1.165) is 22.4 Å². The molecule has 0 fully saturated rings. The number of rotatable bonds is 4. The summed E-state index contributed by atoms with van der Waals surface area (Å²) in [6, 6.07) is 27.1. The van der Waals surface area contributed by atoms with E-state index in [9.17, 15) is 5.11 Å². The van der Waals surface area contributed by atoms with Crippen LogP contribution in [0.3, 0.4) is 0 Å². The lowest BCUT2D eigenvalue weighted by Crippen LogP contribution is -2.10. The topological polar surface area (TPSA) is 32.3 Å². The lowest BCUT2D eigenvalue weighted by Gasteiger charge is -2.14. The Morgan fingerprint density at radius 2 is 1.39 bits per heavy atom. The maximum Gasteiger partial charge on any atom is 0.110 e. The fourth-order valence-electron chi connectivity index (χ4n) is 2.41. The van der Waals surface area contributed by atoms with Gasteiger partial charge in [0, 0.05) is 11.3 Å². The van der Waals surface area contributed by atoms with Crippen molar-refractivity contribution in [1.82, 2.24) is 0 Å². The third-order valence-electron chi connectivity index (χ3n) is 3.61. The number of benzene rings is 3. The van der Waals surface area contributed by atoms with E-state index >= 15 is 0 Å². The SMILES string of the molecule is OC(c1ccccc1)c1cccc(NC(=S)c2ccccc2)c1. The predicted octanol–water partition coefficient (Wildman–Crippen LogP) is 4.56. The molecule has 23 heavy (non-hydrogen) atoms. The molecule has 3 aromatic rings. The Kier molecular flexibility index (Phi) is 4.81. The van der Waals surface area contributed by atoms with Crippen LogP contribution in [0.4, 0.5) is 5.69 Å². The van der Waals surface area contributed by atoms with Crippen molar-refractivity contribution < 1.29 is 5.11 Å². The normalized spacial score (nSPS) is 11.7. The lowest BCUT2D eigenvalue weighted by molar-refractivity contribution is 0.220. The number of aliphatic hydroxyl groups is 1. The molecule has 0 amide bonds. The molecule has 0 saturated heterocycles. The summed E-state index contributed by atoms with van der Waals surface area (Å²) in [5.74, 6) is 0. The van der Waals surface area contributed by atoms with Crippen LogP contribution in [0.15, 0.2) is 84.9 Å². The van der Waals surface area contributed by atoms with Gasteiger partial charge in [-0.25, -0.2) is 0 Å². The Morgan fingerprint density at radius 1 is 0.783 bits per heavy atom. The first kappa shape index (κ1) is 15.4. The summed E-state index contributed by atoms with van der Waals surface area (Å²) in [7, 11) is 0. The number of thiocarbonyl (C=S) groups is 1. The summed E-state index contributed by atoms with van der Waals surface area (Å²) >= 11 is 5.43. The zero-order valence-corrected chi connectivity index (χ0v) is 13.3. The molecule has 0 bridgehead atoms. The Labute approximate surface area is 141 Å². The fraction of sp³-hybridized carbons (Fsp3) is 0.0500. The highest BCUT2D eigenvalue weighted by atomic mass is 32.1. The largest absolute Gasteiger partial charge is 0.384 e. The van der Waals surface area contributed by atoms with Crippen LogP contribution in [0.1, 0.15) is 22.8 Å². The van der Waals surface area contributed by atoms with Crippen molar-refractivity contribution in [3.05, 3.63) is 102 Å². The van der Waals surface area contributed by atoms with Gasteiger partial charge in [-0.05, 0) is 23.3 Å². The molecule has 0 heterocycles. The summed E-state index contributed by atoms with van der Waals surface area (Å²) < 4.78 is 0. The average Bonchev–Trinajstić information content (AvgIpc) is 2.63. The van der Waals surface area contributed by atoms with Crippen LogP contribution in [0.5, 0.6) is 0 Å². The van der Waals surface area contributed by atoms with E-state index in [1.807, 2.05) is 84.9 Å². The standard InChI is InChI=1S/C20H17NOS/c22-19(15-8-3-1-4-9-15)17-12-7-13-18(14-17)21-20(23)16-10-5-2-6-11-16/h1-14,19,22H,(H,21,23). The van der Waals surface area contributed by atoms with Gasteiger partial charge in [-0.2, -0.15) is 0 Å². The third-order valence-corrected chi connectivity index (χ3v) is 3.95. The summed E-state index contributed by atoms with van der Waals surface area (Å²) in [4.78, 5) is 0.664. The second-order valence-corrected chi connectivity index (χ2v) is 5.67. The van der Waals surface area contributed by atoms with Crippen molar-refractivity contribution in [1.29, 1.82) is 0 Å². The zero-order chi connectivity index (χ0) is 16.1.